The number of rotatable bonds is 1. The zero-order valence-electron chi connectivity index (χ0n) is 8.96. The van der Waals surface area contributed by atoms with Gasteiger partial charge in [0.1, 0.15) is 5.60 Å². The van der Waals surface area contributed by atoms with Gasteiger partial charge in [-0.15, -0.1) is 0 Å². The summed E-state index contributed by atoms with van der Waals surface area (Å²) in [5, 5.41) is 11.0. The van der Waals surface area contributed by atoms with Crippen LogP contribution in [0.15, 0.2) is 22.7 Å². The van der Waals surface area contributed by atoms with Gasteiger partial charge in [-0.3, -0.25) is 0 Å². The number of halogens is 1. The summed E-state index contributed by atoms with van der Waals surface area (Å²) in [5.41, 5.74) is 1.62. The van der Waals surface area contributed by atoms with Crippen molar-refractivity contribution in [3.8, 4) is 0 Å². The average Bonchev–Trinajstić information content (AvgIpc) is 2.47. The largest absolute Gasteiger partial charge is 0.384 e. The van der Waals surface area contributed by atoms with Crippen LogP contribution in [-0.4, -0.2) is 16.1 Å². The van der Waals surface area contributed by atoms with Crippen molar-refractivity contribution < 1.29 is 5.11 Å². The zero-order chi connectivity index (χ0) is 11.1. The van der Waals surface area contributed by atoms with Gasteiger partial charge in [0.2, 0.25) is 0 Å². The number of thioether (sulfide) groups is 1. The molecule has 0 aliphatic carbocycles. The molecule has 1 saturated heterocycles. The lowest BCUT2D eigenvalue weighted by Crippen LogP contribution is -2.32. The Balaban J connectivity index is 2.44. The van der Waals surface area contributed by atoms with E-state index in [0.717, 1.165) is 22.2 Å². The van der Waals surface area contributed by atoms with Crippen molar-refractivity contribution in [2.75, 3.05) is 5.75 Å². The maximum Gasteiger partial charge on any atom is 0.102 e. The summed E-state index contributed by atoms with van der Waals surface area (Å²) in [7, 11) is 0. The Kier molecular flexibility index (Phi) is 3.15. The molecular formula is C12H15BrOS. The summed E-state index contributed by atoms with van der Waals surface area (Å²) in [6, 6.07) is 6.13. The van der Waals surface area contributed by atoms with Gasteiger partial charge in [-0.25, -0.2) is 0 Å². The number of hydrogen-bond acceptors (Lipinski definition) is 2. The topological polar surface area (TPSA) is 20.2 Å². The molecule has 0 bridgehead atoms. The Morgan fingerprint density at radius 3 is 2.80 bits per heavy atom. The van der Waals surface area contributed by atoms with E-state index in [1.165, 1.54) is 5.56 Å². The molecule has 1 fully saturated rings. The quantitative estimate of drug-likeness (QED) is 0.853. The Bertz CT molecular complexity index is 380. The molecular weight excluding hydrogens is 272 g/mol. The number of hydrogen-bond donors (Lipinski definition) is 1. The van der Waals surface area contributed by atoms with Gasteiger partial charge in [0.05, 0.1) is 0 Å². The van der Waals surface area contributed by atoms with Crippen LogP contribution in [0.1, 0.15) is 24.5 Å². The highest BCUT2D eigenvalue weighted by molar-refractivity contribution is 9.10. The Hall–Kier alpha value is 0.01000. The lowest BCUT2D eigenvalue weighted by atomic mass is 9.86. The van der Waals surface area contributed by atoms with E-state index in [0.29, 0.717) is 0 Å². The predicted octanol–water partition coefficient (Wildman–Crippen LogP) is 3.47. The van der Waals surface area contributed by atoms with Gasteiger partial charge in [0.15, 0.2) is 0 Å². The smallest absolute Gasteiger partial charge is 0.102 e. The first kappa shape index (κ1) is 11.5. The maximum absolute atomic E-state index is 10.7. The van der Waals surface area contributed by atoms with Crippen molar-refractivity contribution in [2.24, 2.45) is 0 Å². The molecule has 0 spiro atoms. The summed E-state index contributed by atoms with van der Waals surface area (Å²) < 4.78 is 1.07. The van der Waals surface area contributed by atoms with Gasteiger partial charge < -0.3 is 5.11 Å². The molecule has 0 aromatic heterocycles. The van der Waals surface area contributed by atoms with Crippen LogP contribution < -0.4 is 0 Å². The van der Waals surface area contributed by atoms with Crippen LogP contribution >= 0.6 is 27.7 Å². The standard InChI is InChI=1S/C12H15BrOS/c1-8-7-10(13)3-4-11(8)12(14)5-6-15-9(12)2/h3-4,7,9,14H,5-6H2,1-2H3/t9-,12+/m0/s1. The molecule has 0 unspecified atom stereocenters. The molecule has 1 aliphatic rings. The van der Waals surface area contributed by atoms with E-state index in [-0.39, 0.29) is 5.25 Å². The maximum atomic E-state index is 10.7. The van der Waals surface area contributed by atoms with E-state index in [2.05, 4.69) is 35.8 Å². The van der Waals surface area contributed by atoms with E-state index in [9.17, 15) is 5.11 Å². The molecule has 0 radical (unpaired) electrons. The van der Waals surface area contributed by atoms with Crippen LogP contribution in [0.3, 0.4) is 0 Å². The fourth-order valence-corrected chi connectivity index (χ4v) is 3.98. The minimum absolute atomic E-state index is 0.289. The van der Waals surface area contributed by atoms with Crippen LogP contribution in [0.5, 0.6) is 0 Å². The van der Waals surface area contributed by atoms with E-state index in [4.69, 9.17) is 0 Å². The molecule has 1 N–H and O–H groups in total. The molecule has 1 aliphatic heterocycles. The number of aliphatic hydroxyl groups is 1. The molecule has 1 nitrogen and oxygen atoms in total. The fraction of sp³-hybridized carbons (Fsp3) is 0.500. The van der Waals surface area contributed by atoms with Crippen LogP contribution in [0, 0.1) is 6.92 Å². The number of benzene rings is 1. The third-order valence-corrected chi connectivity index (χ3v) is 5.00. The molecule has 1 heterocycles. The Morgan fingerprint density at radius 1 is 1.53 bits per heavy atom. The van der Waals surface area contributed by atoms with Gasteiger partial charge in [-0.2, -0.15) is 11.8 Å². The van der Waals surface area contributed by atoms with Crippen molar-refractivity contribution in [3.05, 3.63) is 33.8 Å². The van der Waals surface area contributed by atoms with E-state index in [1.54, 1.807) is 0 Å². The van der Waals surface area contributed by atoms with Crippen molar-refractivity contribution in [2.45, 2.75) is 31.1 Å². The predicted molar refractivity (Wildman–Crippen MR) is 69.3 cm³/mol. The third-order valence-electron chi connectivity index (χ3n) is 3.18. The summed E-state index contributed by atoms with van der Waals surface area (Å²) >= 11 is 5.30. The highest BCUT2D eigenvalue weighted by Crippen LogP contribution is 2.44. The summed E-state index contributed by atoms with van der Waals surface area (Å²) in [5.74, 6) is 1.05. The van der Waals surface area contributed by atoms with E-state index >= 15 is 0 Å². The van der Waals surface area contributed by atoms with Gasteiger partial charge in [0.25, 0.3) is 0 Å². The minimum atomic E-state index is -0.630. The lowest BCUT2D eigenvalue weighted by Gasteiger charge is -2.29. The van der Waals surface area contributed by atoms with Gasteiger partial charge in [0, 0.05) is 9.72 Å². The van der Waals surface area contributed by atoms with Crippen LogP contribution in [0.25, 0.3) is 0 Å². The molecule has 82 valence electrons. The molecule has 2 atom stereocenters. The summed E-state index contributed by atoms with van der Waals surface area (Å²) in [4.78, 5) is 0. The SMILES string of the molecule is Cc1cc(Br)ccc1[C@@]1(O)CCS[C@H]1C. The first-order chi connectivity index (χ1) is 7.04. The van der Waals surface area contributed by atoms with Gasteiger partial charge in [-0.1, -0.05) is 28.9 Å². The summed E-state index contributed by atoms with van der Waals surface area (Å²) in [6.45, 7) is 4.17. The molecule has 0 saturated carbocycles. The monoisotopic (exact) mass is 286 g/mol. The second-order valence-corrected chi connectivity index (χ2v) is 6.51. The summed E-state index contributed by atoms with van der Waals surface area (Å²) in [6.07, 6.45) is 0.862. The molecule has 15 heavy (non-hydrogen) atoms. The van der Waals surface area contributed by atoms with Gasteiger partial charge in [-0.05, 0) is 42.4 Å². The van der Waals surface area contributed by atoms with Crippen molar-refractivity contribution in [1.29, 1.82) is 0 Å². The minimum Gasteiger partial charge on any atom is -0.384 e. The molecule has 0 amide bonds. The molecule has 2 rings (SSSR count). The van der Waals surface area contributed by atoms with E-state index < -0.39 is 5.60 Å². The second-order valence-electron chi connectivity index (χ2n) is 4.15. The first-order valence-electron chi connectivity index (χ1n) is 5.14. The van der Waals surface area contributed by atoms with Crippen molar-refractivity contribution in [3.63, 3.8) is 0 Å². The third kappa shape index (κ3) is 1.97. The molecule has 1 aromatic rings. The fourth-order valence-electron chi connectivity index (χ4n) is 2.20. The lowest BCUT2D eigenvalue weighted by molar-refractivity contribution is 0.0421. The molecule has 1 aromatic carbocycles. The normalized spacial score (nSPS) is 30.8. The van der Waals surface area contributed by atoms with Gasteiger partial charge >= 0.3 is 0 Å². The van der Waals surface area contributed by atoms with Crippen LogP contribution in [0.2, 0.25) is 0 Å². The highest BCUT2D eigenvalue weighted by Gasteiger charge is 2.41. The van der Waals surface area contributed by atoms with E-state index in [1.807, 2.05) is 23.9 Å². The Morgan fingerprint density at radius 2 is 2.27 bits per heavy atom. The second kappa shape index (κ2) is 4.11. The van der Waals surface area contributed by atoms with Crippen molar-refractivity contribution >= 4 is 27.7 Å². The van der Waals surface area contributed by atoms with Crippen molar-refractivity contribution in [1.82, 2.24) is 0 Å². The number of aryl methyl sites for hydroxylation is 1. The Labute approximate surface area is 103 Å². The van der Waals surface area contributed by atoms with Crippen LogP contribution in [-0.2, 0) is 5.60 Å². The zero-order valence-corrected chi connectivity index (χ0v) is 11.4. The average molecular weight is 287 g/mol. The molecule has 3 heteroatoms. The van der Waals surface area contributed by atoms with Crippen LogP contribution in [0.4, 0.5) is 0 Å². The highest BCUT2D eigenvalue weighted by atomic mass is 79.9. The first-order valence-corrected chi connectivity index (χ1v) is 6.99.